The van der Waals surface area contributed by atoms with E-state index in [4.69, 9.17) is 5.11 Å². The van der Waals surface area contributed by atoms with Gasteiger partial charge >= 0.3 is 0 Å². The van der Waals surface area contributed by atoms with Gasteiger partial charge in [0.2, 0.25) is 10.0 Å². The maximum atomic E-state index is 11.4. The van der Waals surface area contributed by atoms with Crippen LogP contribution in [0.3, 0.4) is 0 Å². The Labute approximate surface area is 93.2 Å². The Balaban J connectivity index is 2.30. The van der Waals surface area contributed by atoms with Crippen LogP contribution < -0.4 is 4.72 Å². The monoisotopic (exact) mass is 250 g/mol. The summed E-state index contributed by atoms with van der Waals surface area (Å²) in [5.41, 5.74) is 0. The molecule has 0 spiro atoms. The number of thiazole rings is 1. The molecule has 0 bridgehead atoms. The molecule has 0 atom stereocenters. The summed E-state index contributed by atoms with van der Waals surface area (Å²) in [5, 5.41) is 11.1. The largest absolute Gasteiger partial charge is 0.396 e. The Bertz CT molecular complexity index is 361. The Morgan fingerprint density at radius 3 is 2.87 bits per heavy atom. The molecule has 0 fully saturated rings. The predicted molar refractivity (Wildman–Crippen MR) is 59.1 cm³/mol. The van der Waals surface area contributed by atoms with E-state index in [1.807, 2.05) is 0 Å². The number of aliphatic hydroxyl groups excluding tert-OH is 1. The molecule has 1 rings (SSSR count). The van der Waals surface area contributed by atoms with Crippen LogP contribution in [0.1, 0.15) is 17.8 Å². The molecule has 0 aliphatic rings. The molecule has 0 amide bonds. The molecule has 1 heterocycles. The summed E-state index contributed by atoms with van der Waals surface area (Å²) in [4.78, 5) is 3.97. The van der Waals surface area contributed by atoms with Crippen LogP contribution >= 0.6 is 11.3 Å². The van der Waals surface area contributed by atoms with E-state index < -0.39 is 10.0 Å². The minimum atomic E-state index is -3.22. The average molecular weight is 250 g/mol. The van der Waals surface area contributed by atoms with Gasteiger partial charge in [0.1, 0.15) is 5.01 Å². The molecule has 2 N–H and O–H groups in total. The van der Waals surface area contributed by atoms with Crippen LogP contribution in [0, 0.1) is 0 Å². The Morgan fingerprint density at radius 1 is 1.47 bits per heavy atom. The third-order valence-corrected chi connectivity index (χ3v) is 3.94. The van der Waals surface area contributed by atoms with Crippen molar-refractivity contribution in [1.82, 2.24) is 9.71 Å². The third kappa shape index (κ3) is 5.22. The zero-order valence-corrected chi connectivity index (χ0v) is 9.85. The number of aromatic nitrogens is 1. The van der Waals surface area contributed by atoms with E-state index in [0.29, 0.717) is 12.8 Å². The topological polar surface area (TPSA) is 79.3 Å². The molecule has 0 aliphatic heterocycles. The fourth-order valence-corrected chi connectivity index (χ4v) is 2.72. The molecular weight excluding hydrogens is 236 g/mol. The summed E-state index contributed by atoms with van der Waals surface area (Å²) < 4.78 is 25.2. The molecule has 0 aromatic carbocycles. The van der Waals surface area contributed by atoms with Crippen molar-refractivity contribution < 1.29 is 13.5 Å². The van der Waals surface area contributed by atoms with E-state index >= 15 is 0 Å². The number of hydrogen-bond acceptors (Lipinski definition) is 5. The number of nitrogens with zero attached hydrogens (tertiary/aromatic N) is 1. The number of rotatable bonds is 7. The van der Waals surface area contributed by atoms with E-state index in [2.05, 4.69) is 9.71 Å². The normalized spacial score (nSPS) is 11.8. The minimum Gasteiger partial charge on any atom is -0.396 e. The summed E-state index contributed by atoms with van der Waals surface area (Å²) in [5.74, 6) is 0.0545. The van der Waals surface area contributed by atoms with Gasteiger partial charge in [-0.3, -0.25) is 0 Å². The number of nitrogens with one attached hydrogen (secondary N) is 1. The van der Waals surface area contributed by atoms with Gasteiger partial charge in [0, 0.05) is 18.2 Å². The molecule has 86 valence electrons. The lowest BCUT2D eigenvalue weighted by atomic mass is 10.4. The Kier molecular flexibility index (Phi) is 5.16. The molecule has 0 unspecified atom stereocenters. The quantitative estimate of drug-likeness (QED) is 0.684. The fourth-order valence-electron chi connectivity index (χ4n) is 0.988. The van der Waals surface area contributed by atoms with Gasteiger partial charge in [-0.2, -0.15) is 0 Å². The number of sulfonamides is 1. The lowest BCUT2D eigenvalue weighted by molar-refractivity contribution is 0.287. The smallest absolute Gasteiger partial charge is 0.211 e. The maximum Gasteiger partial charge on any atom is 0.211 e. The lowest BCUT2D eigenvalue weighted by Gasteiger charge is -2.03. The van der Waals surface area contributed by atoms with Gasteiger partial charge in [-0.05, 0) is 12.8 Å². The highest BCUT2D eigenvalue weighted by molar-refractivity contribution is 7.89. The molecule has 0 radical (unpaired) electrons. The number of aliphatic hydroxyl groups is 1. The highest BCUT2D eigenvalue weighted by atomic mass is 32.2. The molecule has 5 nitrogen and oxygen atoms in total. The van der Waals surface area contributed by atoms with Crippen molar-refractivity contribution in [2.75, 3.05) is 12.4 Å². The first kappa shape index (κ1) is 12.6. The first-order valence-corrected chi connectivity index (χ1v) is 7.14. The molecule has 15 heavy (non-hydrogen) atoms. The molecule has 7 heteroatoms. The van der Waals surface area contributed by atoms with E-state index in [0.717, 1.165) is 5.01 Å². The average Bonchev–Trinajstić information content (AvgIpc) is 2.68. The predicted octanol–water partition coefficient (Wildman–Crippen LogP) is 0.335. The van der Waals surface area contributed by atoms with Gasteiger partial charge in [-0.25, -0.2) is 18.1 Å². The van der Waals surface area contributed by atoms with E-state index in [1.54, 1.807) is 11.6 Å². The van der Waals surface area contributed by atoms with Crippen molar-refractivity contribution in [1.29, 1.82) is 0 Å². The van der Waals surface area contributed by atoms with Crippen molar-refractivity contribution in [2.45, 2.75) is 19.4 Å². The first-order valence-electron chi connectivity index (χ1n) is 4.60. The molecule has 1 aromatic rings. The lowest BCUT2D eigenvalue weighted by Crippen LogP contribution is -2.25. The summed E-state index contributed by atoms with van der Waals surface area (Å²) in [6.45, 7) is 0.279. The SMILES string of the molecule is O=S(=O)(CCCCO)NCc1nccs1. The Morgan fingerprint density at radius 2 is 2.27 bits per heavy atom. The van der Waals surface area contributed by atoms with E-state index in [-0.39, 0.29) is 18.9 Å². The van der Waals surface area contributed by atoms with Crippen molar-refractivity contribution >= 4 is 21.4 Å². The molecule has 0 saturated carbocycles. The second-order valence-corrected chi connectivity index (χ2v) is 5.90. The van der Waals surface area contributed by atoms with Crippen molar-refractivity contribution in [3.63, 3.8) is 0 Å². The van der Waals surface area contributed by atoms with Gasteiger partial charge in [-0.15, -0.1) is 11.3 Å². The van der Waals surface area contributed by atoms with Crippen LogP contribution in [0.4, 0.5) is 0 Å². The number of unbranched alkanes of at least 4 members (excludes halogenated alkanes) is 1. The van der Waals surface area contributed by atoms with Crippen molar-refractivity contribution in [3.8, 4) is 0 Å². The molecular formula is C8H14N2O3S2. The van der Waals surface area contributed by atoms with E-state index in [9.17, 15) is 8.42 Å². The van der Waals surface area contributed by atoms with Gasteiger partial charge < -0.3 is 5.11 Å². The van der Waals surface area contributed by atoms with Gasteiger partial charge in [0.05, 0.1) is 12.3 Å². The van der Waals surface area contributed by atoms with Crippen LogP contribution in [0.2, 0.25) is 0 Å². The second-order valence-electron chi connectivity index (χ2n) is 3.00. The van der Waals surface area contributed by atoms with Crippen LogP contribution in [-0.4, -0.2) is 30.9 Å². The highest BCUT2D eigenvalue weighted by Crippen LogP contribution is 2.04. The molecule has 1 aromatic heterocycles. The first-order chi connectivity index (χ1) is 7.14. The van der Waals surface area contributed by atoms with Gasteiger partial charge in [0.25, 0.3) is 0 Å². The van der Waals surface area contributed by atoms with Crippen molar-refractivity contribution in [2.24, 2.45) is 0 Å². The van der Waals surface area contributed by atoms with Crippen LogP contribution in [0.25, 0.3) is 0 Å². The number of hydrogen-bond donors (Lipinski definition) is 2. The van der Waals surface area contributed by atoms with Crippen LogP contribution in [0.5, 0.6) is 0 Å². The highest BCUT2D eigenvalue weighted by Gasteiger charge is 2.09. The summed E-state index contributed by atoms with van der Waals surface area (Å²) >= 11 is 1.41. The Hall–Kier alpha value is -0.500. The molecule has 0 saturated heterocycles. The third-order valence-electron chi connectivity index (χ3n) is 1.75. The zero-order chi connectivity index (χ0) is 11.1. The standard InChI is InChI=1S/C8H14N2O3S2/c11-4-1-2-6-15(12,13)10-7-8-9-3-5-14-8/h3,5,10-11H,1-2,4,6-7H2. The summed E-state index contributed by atoms with van der Waals surface area (Å²) in [6, 6.07) is 0. The molecule has 0 aliphatic carbocycles. The van der Waals surface area contributed by atoms with E-state index in [1.165, 1.54) is 11.3 Å². The van der Waals surface area contributed by atoms with Gasteiger partial charge in [0.15, 0.2) is 0 Å². The summed E-state index contributed by atoms with van der Waals surface area (Å²) in [6.07, 6.45) is 2.63. The summed E-state index contributed by atoms with van der Waals surface area (Å²) in [7, 11) is -3.22. The van der Waals surface area contributed by atoms with Crippen LogP contribution in [0.15, 0.2) is 11.6 Å². The second kappa shape index (κ2) is 6.16. The fraction of sp³-hybridized carbons (Fsp3) is 0.625. The van der Waals surface area contributed by atoms with Crippen LogP contribution in [-0.2, 0) is 16.6 Å². The van der Waals surface area contributed by atoms with Gasteiger partial charge in [-0.1, -0.05) is 0 Å². The maximum absolute atomic E-state index is 11.4. The minimum absolute atomic E-state index is 0.0298. The van der Waals surface area contributed by atoms with Crippen molar-refractivity contribution in [3.05, 3.63) is 16.6 Å². The zero-order valence-electron chi connectivity index (χ0n) is 8.22.